The lowest BCUT2D eigenvalue weighted by Gasteiger charge is -2.03. The van der Waals surface area contributed by atoms with Gasteiger partial charge in [-0.2, -0.15) is 5.10 Å². The van der Waals surface area contributed by atoms with Crippen molar-refractivity contribution >= 4 is 28.7 Å². The molecule has 8 nitrogen and oxygen atoms in total. The number of hydrazone groups is 1. The number of aromatic amines is 1. The van der Waals surface area contributed by atoms with Crippen LogP contribution in [0.4, 0.5) is 5.69 Å². The van der Waals surface area contributed by atoms with Crippen LogP contribution in [0.2, 0.25) is 0 Å². The van der Waals surface area contributed by atoms with E-state index in [1.54, 1.807) is 25.3 Å². The number of nitro benzene ring substituents is 1. The van der Waals surface area contributed by atoms with Crippen molar-refractivity contribution in [1.82, 2.24) is 10.4 Å². The molecule has 3 aromatic rings. The first-order chi connectivity index (χ1) is 13.0. The molecule has 3 rings (SSSR count). The lowest BCUT2D eigenvalue weighted by atomic mass is 10.1. The number of hydrogen-bond donors (Lipinski definition) is 2. The maximum absolute atomic E-state index is 12.3. The van der Waals surface area contributed by atoms with Gasteiger partial charge in [-0.25, -0.2) is 5.43 Å². The van der Waals surface area contributed by atoms with E-state index in [4.69, 9.17) is 4.74 Å². The predicted molar refractivity (Wildman–Crippen MR) is 102 cm³/mol. The molecule has 0 saturated heterocycles. The number of aryl methyl sites for hydroxylation is 1. The van der Waals surface area contributed by atoms with Crippen molar-refractivity contribution in [2.45, 2.75) is 13.3 Å². The van der Waals surface area contributed by atoms with Crippen LogP contribution in [0.25, 0.3) is 10.9 Å². The van der Waals surface area contributed by atoms with Gasteiger partial charge in [-0.05, 0) is 36.8 Å². The van der Waals surface area contributed by atoms with Crippen LogP contribution in [0, 0.1) is 17.0 Å². The number of benzene rings is 2. The summed E-state index contributed by atoms with van der Waals surface area (Å²) < 4.78 is 5.24. The number of nitrogens with zero attached hydrogens (tertiary/aromatic N) is 2. The van der Waals surface area contributed by atoms with E-state index in [0.717, 1.165) is 22.2 Å². The van der Waals surface area contributed by atoms with Crippen molar-refractivity contribution in [1.29, 1.82) is 0 Å². The smallest absolute Gasteiger partial charge is 0.278 e. The van der Waals surface area contributed by atoms with E-state index in [9.17, 15) is 14.9 Å². The molecule has 0 radical (unpaired) electrons. The maximum Gasteiger partial charge on any atom is 0.278 e. The van der Waals surface area contributed by atoms with Gasteiger partial charge in [0.1, 0.15) is 5.75 Å². The molecule has 0 bridgehead atoms. The number of para-hydroxylation sites is 1. The van der Waals surface area contributed by atoms with Crippen LogP contribution in [0.5, 0.6) is 5.75 Å². The quantitative estimate of drug-likeness (QED) is 0.397. The number of ether oxygens (including phenoxy) is 1. The Morgan fingerprint density at radius 3 is 2.85 bits per heavy atom. The average molecular weight is 366 g/mol. The minimum absolute atomic E-state index is 0.0740. The Hall–Kier alpha value is -3.68. The van der Waals surface area contributed by atoms with Gasteiger partial charge in [-0.15, -0.1) is 0 Å². The zero-order valence-corrected chi connectivity index (χ0v) is 14.9. The summed E-state index contributed by atoms with van der Waals surface area (Å²) in [5, 5.41) is 15.7. The number of carbonyl (C=O) groups is 1. The topological polar surface area (TPSA) is 110 Å². The summed E-state index contributed by atoms with van der Waals surface area (Å²) in [5.41, 5.74) is 5.31. The van der Waals surface area contributed by atoms with E-state index in [1.165, 1.54) is 12.3 Å². The molecule has 8 heteroatoms. The normalized spacial score (nSPS) is 11.0. The lowest BCUT2D eigenvalue weighted by Crippen LogP contribution is -2.20. The Kier molecular flexibility index (Phi) is 5.16. The second-order valence-corrected chi connectivity index (χ2v) is 5.93. The zero-order valence-electron chi connectivity index (χ0n) is 14.9. The molecule has 1 heterocycles. The molecular formula is C19H18N4O4. The van der Waals surface area contributed by atoms with Gasteiger partial charge in [0.25, 0.3) is 5.69 Å². The Balaban J connectivity index is 1.74. The minimum Gasteiger partial charge on any atom is -0.497 e. The monoisotopic (exact) mass is 366 g/mol. The number of methoxy groups -OCH3 is 1. The van der Waals surface area contributed by atoms with Crippen molar-refractivity contribution < 1.29 is 14.5 Å². The van der Waals surface area contributed by atoms with Crippen LogP contribution in [0.3, 0.4) is 0 Å². The fraction of sp³-hybridized carbons (Fsp3) is 0.158. The minimum atomic E-state index is -0.494. The summed E-state index contributed by atoms with van der Waals surface area (Å²) >= 11 is 0. The fourth-order valence-electron chi connectivity index (χ4n) is 2.85. The Morgan fingerprint density at radius 2 is 2.11 bits per heavy atom. The summed E-state index contributed by atoms with van der Waals surface area (Å²) in [6.07, 6.45) is 1.38. The van der Waals surface area contributed by atoms with Crippen molar-refractivity contribution in [3.63, 3.8) is 0 Å². The van der Waals surface area contributed by atoms with Crippen LogP contribution in [-0.2, 0) is 11.2 Å². The molecule has 1 amide bonds. The SMILES string of the molecule is COc1ccc2[nH]c(C)c(CC(=O)NN=Cc3ccccc3[N+](=O)[O-])c2c1. The number of hydrogen-bond acceptors (Lipinski definition) is 5. The third-order valence-electron chi connectivity index (χ3n) is 4.19. The first kappa shape index (κ1) is 18.1. The number of nitrogens with one attached hydrogen (secondary N) is 2. The van der Waals surface area contributed by atoms with E-state index in [1.807, 2.05) is 25.1 Å². The van der Waals surface area contributed by atoms with Gasteiger partial charge >= 0.3 is 0 Å². The van der Waals surface area contributed by atoms with Gasteiger partial charge < -0.3 is 9.72 Å². The second kappa shape index (κ2) is 7.69. The van der Waals surface area contributed by atoms with Gasteiger partial charge in [0.15, 0.2) is 0 Å². The van der Waals surface area contributed by atoms with Crippen molar-refractivity contribution in [2.75, 3.05) is 7.11 Å². The number of rotatable bonds is 6. The number of aromatic nitrogens is 1. The maximum atomic E-state index is 12.3. The van der Waals surface area contributed by atoms with Crippen LogP contribution in [0.15, 0.2) is 47.6 Å². The molecule has 0 fully saturated rings. The van der Waals surface area contributed by atoms with E-state index in [0.29, 0.717) is 11.3 Å². The van der Waals surface area contributed by atoms with Crippen LogP contribution < -0.4 is 10.2 Å². The highest BCUT2D eigenvalue weighted by atomic mass is 16.6. The molecule has 0 aliphatic rings. The highest BCUT2D eigenvalue weighted by Gasteiger charge is 2.14. The standard InChI is InChI=1S/C19H18N4O4/c1-12-15(16-9-14(27-2)7-8-17(16)21-12)10-19(24)22-20-11-13-5-3-4-6-18(13)23(25)26/h3-9,11,21H,10H2,1-2H3,(H,22,24). The Labute approximate surface area is 155 Å². The molecule has 0 unspecified atom stereocenters. The Morgan fingerprint density at radius 1 is 1.33 bits per heavy atom. The average Bonchev–Trinajstić information content (AvgIpc) is 2.96. The molecule has 0 saturated carbocycles. The van der Waals surface area contributed by atoms with Gasteiger partial charge in [-0.1, -0.05) is 12.1 Å². The Bertz CT molecular complexity index is 1040. The number of H-pyrrole nitrogens is 1. The second-order valence-electron chi connectivity index (χ2n) is 5.93. The van der Waals surface area contributed by atoms with E-state index < -0.39 is 4.92 Å². The van der Waals surface area contributed by atoms with Crippen molar-refractivity contribution in [2.24, 2.45) is 5.10 Å². The number of nitro groups is 1. The zero-order chi connectivity index (χ0) is 19.4. The molecule has 2 N–H and O–H groups in total. The van der Waals surface area contributed by atoms with E-state index >= 15 is 0 Å². The van der Waals surface area contributed by atoms with E-state index in [2.05, 4.69) is 15.5 Å². The van der Waals surface area contributed by atoms with E-state index in [-0.39, 0.29) is 18.0 Å². The van der Waals surface area contributed by atoms with Crippen LogP contribution in [-0.4, -0.2) is 29.1 Å². The highest BCUT2D eigenvalue weighted by molar-refractivity contribution is 5.91. The summed E-state index contributed by atoms with van der Waals surface area (Å²) in [7, 11) is 1.59. The molecule has 138 valence electrons. The molecular weight excluding hydrogens is 348 g/mol. The third-order valence-corrected chi connectivity index (χ3v) is 4.19. The van der Waals surface area contributed by atoms with Gasteiger partial charge in [0.05, 0.1) is 30.2 Å². The molecule has 0 aliphatic carbocycles. The van der Waals surface area contributed by atoms with Crippen molar-refractivity contribution in [3.05, 3.63) is 69.4 Å². The number of carbonyl (C=O) groups excluding carboxylic acids is 1. The van der Waals surface area contributed by atoms with Crippen LogP contribution >= 0.6 is 0 Å². The third kappa shape index (κ3) is 3.95. The largest absolute Gasteiger partial charge is 0.497 e. The molecule has 0 atom stereocenters. The molecule has 0 aliphatic heterocycles. The molecule has 2 aromatic carbocycles. The number of amides is 1. The van der Waals surface area contributed by atoms with Gasteiger partial charge in [0.2, 0.25) is 5.91 Å². The molecule has 1 aromatic heterocycles. The fourth-order valence-corrected chi connectivity index (χ4v) is 2.85. The number of fused-ring (bicyclic) bond motifs is 1. The first-order valence-corrected chi connectivity index (χ1v) is 8.20. The van der Waals surface area contributed by atoms with Gasteiger partial charge in [-0.3, -0.25) is 14.9 Å². The molecule has 27 heavy (non-hydrogen) atoms. The highest BCUT2D eigenvalue weighted by Crippen LogP contribution is 2.26. The van der Waals surface area contributed by atoms with Crippen LogP contribution in [0.1, 0.15) is 16.8 Å². The summed E-state index contributed by atoms with van der Waals surface area (Å²) in [4.78, 5) is 26.0. The lowest BCUT2D eigenvalue weighted by molar-refractivity contribution is -0.385. The molecule has 0 spiro atoms. The predicted octanol–water partition coefficient (Wildman–Crippen LogP) is 3.09. The van der Waals surface area contributed by atoms with Gasteiger partial charge in [0, 0.05) is 22.7 Å². The summed E-state index contributed by atoms with van der Waals surface area (Å²) in [6, 6.07) is 11.8. The first-order valence-electron chi connectivity index (χ1n) is 8.20. The van der Waals surface area contributed by atoms with Crippen molar-refractivity contribution in [3.8, 4) is 5.75 Å². The summed E-state index contributed by atoms with van der Waals surface area (Å²) in [6.45, 7) is 1.89. The summed E-state index contributed by atoms with van der Waals surface area (Å²) in [5.74, 6) is 0.384.